The van der Waals surface area contributed by atoms with Gasteiger partial charge in [0.05, 0.1) is 30.3 Å². The summed E-state index contributed by atoms with van der Waals surface area (Å²) in [7, 11) is 2.08. The van der Waals surface area contributed by atoms with Crippen molar-refractivity contribution >= 4 is 29.2 Å². The normalized spacial score (nSPS) is 23.9. The summed E-state index contributed by atoms with van der Waals surface area (Å²) in [5, 5.41) is 3.67. The van der Waals surface area contributed by atoms with Crippen molar-refractivity contribution in [3.05, 3.63) is 22.3 Å². The Balaban J connectivity index is 1.42. The zero-order valence-corrected chi connectivity index (χ0v) is 15.6. The number of morpholine rings is 1. The van der Waals surface area contributed by atoms with E-state index in [0.29, 0.717) is 35.6 Å². The van der Waals surface area contributed by atoms with Crippen molar-refractivity contribution < 1.29 is 14.3 Å². The van der Waals surface area contributed by atoms with Gasteiger partial charge in [-0.25, -0.2) is 9.78 Å². The van der Waals surface area contributed by atoms with Crippen LogP contribution >= 0.6 is 23.2 Å². The molecule has 2 unspecified atom stereocenters. The van der Waals surface area contributed by atoms with Gasteiger partial charge in [0.15, 0.2) is 0 Å². The summed E-state index contributed by atoms with van der Waals surface area (Å²) in [6.07, 6.45) is 2.56. The van der Waals surface area contributed by atoms with Gasteiger partial charge in [0.2, 0.25) is 5.88 Å². The molecule has 9 heteroatoms. The second-order valence-corrected chi connectivity index (χ2v) is 7.06. The molecule has 3 rings (SSSR count). The monoisotopic (exact) mass is 388 g/mol. The lowest BCUT2D eigenvalue weighted by atomic mass is 9.99. The Kier molecular flexibility index (Phi) is 6.22. The fraction of sp³-hybridized carbons (Fsp3) is 0.625. The minimum Gasteiger partial charge on any atom is -0.475 e. The molecule has 1 N–H and O–H groups in total. The molecule has 0 spiro atoms. The van der Waals surface area contributed by atoms with E-state index < -0.39 is 0 Å². The minimum atomic E-state index is -0.0869. The van der Waals surface area contributed by atoms with Crippen LogP contribution in [0.25, 0.3) is 0 Å². The highest BCUT2D eigenvalue weighted by Crippen LogP contribution is 2.24. The number of fused-ring (bicyclic) bond motifs is 1. The summed E-state index contributed by atoms with van der Waals surface area (Å²) in [5.41, 5.74) is 0. The van der Waals surface area contributed by atoms with Crippen molar-refractivity contribution in [2.45, 2.75) is 18.6 Å². The second-order valence-electron chi connectivity index (χ2n) is 6.21. The summed E-state index contributed by atoms with van der Waals surface area (Å²) in [6.45, 7) is 3.70. The van der Waals surface area contributed by atoms with Crippen LogP contribution in [0.2, 0.25) is 10.0 Å². The van der Waals surface area contributed by atoms with Crippen LogP contribution in [0.5, 0.6) is 5.88 Å². The van der Waals surface area contributed by atoms with Crippen LogP contribution in [0.3, 0.4) is 0 Å². The molecule has 138 valence electrons. The number of likely N-dealkylation sites (N-methyl/N-ethyl adjacent to an activating group) is 1. The number of nitrogens with one attached hydrogen (secondary N) is 1. The summed E-state index contributed by atoms with van der Waals surface area (Å²) in [4.78, 5) is 20.5. The molecule has 2 atom stereocenters. The Morgan fingerprint density at radius 2 is 2.32 bits per heavy atom. The van der Waals surface area contributed by atoms with E-state index in [9.17, 15) is 4.79 Å². The zero-order chi connectivity index (χ0) is 17.8. The highest BCUT2D eigenvalue weighted by molar-refractivity contribution is 6.35. The summed E-state index contributed by atoms with van der Waals surface area (Å²) in [6, 6.07) is 1.74. The third-order valence-corrected chi connectivity index (χ3v) is 5.02. The second kappa shape index (κ2) is 8.40. The standard InChI is InChI=1S/C16H22Cl2N4O3/c1-21-5-7-24-14-2-4-22(10-13(14)21)16(23)19-3-6-25-15-12(18)8-11(17)9-20-15/h8-9,13-14H,2-7,10H2,1H3,(H,19,23). The number of carbonyl (C=O) groups excluding carboxylic acids is 1. The summed E-state index contributed by atoms with van der Waals surface area (Å²) in [5.74, 6) is 0.308. The molecule has 3 heterocycles. The van der Waals surface area contributed by atoms with Crippen LogP contribution in [0, 0.1) is 0 Å². The Morgan fingerprint density at radius 3 is 3.12 bits per heavy atom. The number of halogens is 2. The first kappa shape index (κ1) is 18.5. The van der Waals surface area contributed by atoms with Gasteiger partial charge in [0.1, 0.15) is 11.6 Å². The number of hydrogen-bond donors (Lipinski definition) is 1. The molecule has 2 aliphatic heterocycles. The molecule has 2 fully saturated rings. The van der Waals surface area contributed by atoms with Crippen LogP contribution in [-0.2, 0) is 4.74 Å². The average molecular weight is 389 g/mol. The van der Waals surface area contributed by atoms with Crippen LogP contribution in [0.1, 0.15) is 6.42 Å². The van der Waals surface area contributed by atoms with Gasteiger partial charge in [0, 0.05) is 25.8 Å². The molecule has 0 aromatic carbocycles. The molecule has 2 aliphatic rings. The van der Waals surface area contributed by atoms with E-state index in [2.05, 4.69) is 22.2 Å². The molecular weight excluding hydrogens is 367 g/mol. The fourth-order valence-corrected chi connectivity index (χ4v) is 3.59. The van der Waals surface area contributed by atoms with E-state index in [0.717, 1.165) is 19.6 Å². The van der Waals surface area contributed by atoms with Crippen LogP contribution < -0.4 is 10.1 Å². The smallest absolute Gasteiger partial charge is 0.317 e. The van der Waals surface area contributed by atoms with Crippen molar-refractivity contribution in [3.63, 3.8) is 0 Å². The van der Waals surface area contributed by atoms with Crippen LogP contribution in [0.4, 0.5) is 4.79 Å². The van der Waals surface area contributed by atoms with Crippen molar-refractivity contribution in [2.24, 2.45) is 0 Å². The SMILES string of the molecule is CN1CCOC2CCN(C(=O)NCCOc3ncc(Cl)cc3Cl)CC21. The number of carbonyl (C=O) groups is 1. The first-order valence-electron chi connectivity index (χ1n) is 8.33. The molecule has 0 aliphatic carbocycles. The van der Waals surface area contributed by atoms with Crippen molar-refractivity contribution in [2.75, 3.05) is 46.4 Å². The number of hydrogen-bond acceptors (Lipinski definition) is 5. The van der Waals surface area contributed by atoms with E-state index in [1.54, 1.807) is 6.07 Å². The van der Waals surface area contributed by atoms with Gasteiger partial charge in [-0.05, 0) is 19.5 Å². The third-order valence-electron chi connectivity index (χ3n) is 4.54. The molecule has 1 aromatic heterocycles. The van der Waals surface area contributed by atoms with E-state index >= 15 is 0 Å². The molecule has 1 aromatic rings. The van der Waals surface area contributed by atoms with Gasteiger partial charge in [-0.1, -0.05) is 23.2 Å². The number of aromatic nitrogens is 1. The largest absolute Gasteiger partial charge is 0.475 e. The van der Waals surface area contributed by atoms with Gasteiger partial charge in [-0.3, -0.25) is 4.90 Å². The molecule has 0 radical (unpaired) electrons. The number of pyridine rings is 1. The zero-order valence-electron chi connectivity index (χ0n) is 14.1. The lowest BCUT2D eigenvalue weighted by molar-refractivity contribution is -0.0881. The highest BCUT2D eigenvalue weighted by atomic mass is 35.5. The Bertz CT molecular complexity index is 619. The number of nitrogens with zero attached hydrogens (tertiary/aromatic N) is 3. The predicted molar refractivity (Wildman–Crippen MR) is 95.5 cm³/mol. The average Bonchev–Trinajstić information content (AvgIpc) is 2.60. The predicted octanol–water partition coefficient (Wildman–Crippen LogP) is 1.88. The summed E-state index contributed by atoms with van der Waals surface area (Å²) < 4.78 is 11.3. The molecular formula is C16H22Cl2N4O3. The topological polar surface area (TPSA) is 66.9 Å². The Labute approximate surface area is 157 Å². The van der Waals surface area contributed by atoms with Crippen molar-refractivity contribution in [1.82, 2.24) is 20.1 Å². The number of piperidine rings is 1. The van der Waals surface area contributed by atoms with E-state index in [-0.39, 0.29) is 24.8 Å². The van der Waals surface area contributed by atoms with E-state index in [4.69, 9.17) is 32.7 Å². The van der Waals surface area contributed by atoms with Crippen molar-refractivity contribution in [3.8, 4) is 5.88 Å². The fourth-order valence-electron chi connectivity index (χ4n) is 3.15. The maximum absolute atomic E-state index is 12.3. The number of urea groups is 1. The van der Waals surface area contributed by atoms with Gasteiger partial charge in [-0.15, -0.1) is 0 Å². The molecule has 0 saturated carbocycles. The Hall–Kier alpha value is -1.28. The molecule has 25 heavy (non-hydrogen) atoms. The first-order valence-corrected chi connectivity index (χ1v) is 9.08. The number of rotatable bonds is 4. The number of ether oxygens (including phenoxy) is 2. The van der Waals surface area contributed by atoms with Gasteiger partial charge in [0.25, 0.3) is 0 Å². The Morgan fingerprint density at radius 1 is 1.48 bits per heavy atom. The minimum absolute atomic E-state index is 0.0869. The quantitative estimate of drug-likeness (QED) is 0.797. The van der Waals surface area contributed by atoms with E-state index in [1.807, 2.05) is 4.90 Å². The molecule has 2 saturated heterocycles. The number of likely N-dealkylation sites (tertiary alicyclic amines) is 1. The van der Waals surface area contributed by atoms with Gasteiger partial charge < -0.3 is 19.7 Å². The highest BCUT2D eigenvalue weighted by Gasteiger charge is 2.36. The maximum Gasteiger partial charge on any atom is 0.317 e. The summed E-state index contributed by atoms with van der Waals surface area (Å²) >= 11 is 11.8. The molecule has 7 nitrogen and oxygen atoms in total. The van der Waals surface area contributed by atoms with Crippen LogP contribution in [-0.4, -0.2) is 79.4 Å². The van der Waals surface area contributed by atoms with E-state index in [1.165, 1.54) is 6.20 Å². The first-order chi connectivity index (χ1) is 12.0. The molecule has 2 amide bonds. The lowest BCUT2D eigenvalue weighted by Gasteiger charge is -2.45. The third kappa shape index (κ3) is 4.67. The van der Waals surface area contributed by atoms with Crippen LogP contribution in [0.15, 0.2) is 12.3 Å². The van der Waals surface area contributed by atoms with Gasteiger partial charge in [-0.2, -0.15) is 0 Å². The maximum atomic E-state index is 12.3. The lowest BCUT2D eigenvalue weighted by Crippen LogP contribution is -2.60. The van der Waals surface area contributed by atoms with Gasteiger partial charge >= 0.3 is 6.03 Å². The van der Waals surface area contributed by atoms with Crippen molar-refractivity contribution in [1.29, 1.82) is 0 Å². The molecule has 0 bridgehead atoms. The number of amides is 2.